The molecule has 2 bridgehead atoms. The summed E-state index contributed by atoms with van der Waals surface area (Å²) >= 11 is 6.24. The zero-order chi connectivity index (χ0) is 41.3. The van der Waals surface area contributed by atoms with Gasteiger partial charge in [-0.2, -0.15) is 0 Å². The summed E-state index contributed by atoms with van der Waals surface area (Å²) in [5.41, 5.74) is 4.20. The first-order valence-corrected chi connectivity index (χ1v) is 21.8. The van der Waals surface area contributed by atoms with Gasteiger partial charge in [0.25, 0.3) is 17.7 Å². The van der Waals surface area contributed by atoms with Gasteiger partial charge in [0.1, 0.15) is 17.9 Å². The van der Waals surface area contributed by atoms with Crippen LogP contribution in [0.25, 0.3) is 4.85 Å². The maximum absolute atomic E-state index is 13.8. The van der Waals surface area contributed by atoms with Gasteiger partial charge >= 0.3 is 0 Å². The molecule has 13 nitrogen and oxygen atoms in total. The Balaban J connectivity index is 0.682. The lowest BCUT2D eigenvalue weighted by Gasteiger charge is -2.56. The maximum Gasteiger partial charge on any atom is 0.262 e. The number of amides is 5. The minimum atomic E-state index is -0.965. The van der Waals surface area contributed by atoms with Crippen LogP contribution in [0.3, 0.4) is 0 Å². The van der Waals surface area contributed by atoms with Gasteiger partial charge in [-0.1, -0.05) is 17.7 Å². The number of halogens is 1. The minimum absolute atomic E-state index is 0.0107. The van der Waals surface area contributed by atoms with Crippen LogP contribution in [0.2, 0.25) is 5.02 Å². The second-order valence-electron chi connectivity index (χ2n) is 17.9. The summed E-state index contributed by atoms with van der Waals surface area (Å²) in [7, 11) is 0. The van der Waals surface area contributed by atoms with E-state index in [1.54, 1.807) is 30.3 Å². The number of fused-ring (bicyclic) bond motifs is 3. The van der Waals surface area contributed by atoms with Crippen LogP contribution in [0, 0.1) is 12.0 Å². The molecule has 3 aromatic carbocycles. The molecule has 6 fully saturated rings. The van der Waals surface area contributed by atoms with Crippen molar-refractivity contribution in [3.63, 3.8) is 0 Å². The van der Waals surface area contributed by atoms with Crippen molar-refractivity contribution in [1.29, 1.82) is 0 Å². The van der Waals surface area contributed by atoms with E-state index in [4.69, 9.17) is 22.9 Å². The van der Waals surface area contributed by atoms with Crippen LogP contribution in [-0.4, -0.2) is 114 Å². The summed E-state index contributed by atoms with van der Waals surface area (Å²) < 4.78 is 6.28. The molecule has 310 valence electrons. The van der Waals surface area contributed by atoms with Crippen LogP contribution >= 0.6 is 11.6 Å². The molecule has 1 spiro atoms. The Bertz CT molecular complexity index is 2290. The fourth-order valence-corrected chi connectivity index (χ4v) is 11.3. The van der Waals surface area contributed by atoms with Gasteiger partial charge in [0.15, 0.2) is 0 Å². The van der Waals surface area contributed by atoms with E-state index in [-0.39, 0.29) is 42.8 Å². The third-order valence-corrected chi connectivity index (χ3v) is 14.7. The molecule has 60 heavy (non-hydrogen) atoms. The number of nitrogens with zero attached hydrogens (tertiary/aromatic N) is 6. The largest absolute Gasteiger partial charge is 0.490 e. The van der Waals surface area contributed by atoms with Crippen molar-refractivity contribution in [2.24, 2.45) is 5.41 Å². The van der Waals surface area contributed by atoms with Gasteiger partial charge in [0.05, 0.1) is 22.7 Å². The molecule has 0 saturated carbocycles. The number of benzene rings is 3. The van der Waals surface area contributed by atoms with Crippen LogP contribution in [0.5, 0.6) is 5.75 Å². The van der Waals surface area contributed by atoms with Gasteiger partial charge < -0.3 is 24.3 Å². The van der Waals surface area contributed by atoms with E-state index in [0.717, 1.165) is 93.9 Å². The first-order valence-electron chi connectivity index (χ1n) is 21.4. The van der Waals surface area contributed by atoms with E-state index in [1.165, 1.54) is 18.5 Å². The monoisotopic (exact) mass is 829 g/mol. The summed E-state index contributed by atoms with van der Waals surface area (Å²) in [5, 5.41) is 2.65. The molecule has 0 aromatic heterocycles. The van der Waals surface area contributed by atoms with Crippen LogP contribution in [-0.2, 0) is 9.59 Å². The summed E-state index contributed by atoms with van der Waals surface area (Å²) in [4.78, 5) is 78.4. The number of ether oxygens (including phenoxy) is 1. The average molecular weight is 830 g/mol. The van der Waals surface area contributed by atoms with Crippen LogP contribution in [0.4, 0.5) is 17.1 Å². The van der Waals surface area contributed by atoms with Gasteiger partial charge in [0.2, 0.25) is 17.5 Å². The number of imide groups is 2. The number of piperidine rings is 4. The van der Waals surface area contributed by atoms with Crippen LogP contribution < -0.4 is 19.9 Å². The van der Waals surface area contributed by atoms with Crippen molar-refractivity contribution in [2.75, 3.05) is 49.1 Å². The Morgan fingerprint density at radius 1 is 0.767 bits per heavy atom. The van der Waals surface area contributed by atoms with Crippen molar-refractivity contribution in [3.8, 4) is 5.75 Å². The van der Waals surface area contributed by atoms with Crippen LogP contribution in [0.15, 0.2) is 60.7 Å². The van der Waals surface area contributed by atoms with Gasteiger partial charge in [0, 0.05) is 85.9 Å². The number of hydrogen-bond acceptors (Lipinski definition) is 9. The maximum atomic E-state index is 13.8. The lowest BCUT2D eigenvalue weighted by molar-refractivity contribution is -0.136. The Morgan fingerprint density at radius 3 is 2.12 bits per heavy atom. The number of likely N-dealkylation sites (tertiary alicyclic amines) is 1. The molecule has 3 atom stereocenters. The zero-order valence-corrected chi connectivity index (χ0v) is 34.2. The van der Waals surface area contributed by atoms with Gasteiger partial charge in [-0.15, -0.1) is 0 Å². The number of nitrogens with one attached hydrogen (secondary N) is 1. The molecular formula is C46H48ClN7O6. The third kappa shape index (κ3) is 6.87. The highest BCUT2D eigenvalue weighted by Gasteiger charge is 2.48. The topological polar surface area (TPSA) is 127 Å². The molecular weight excluding hydrogens is 782 g/mol. The van der Waals surface area contributed by atoms with Crippen molar-refractivity contribution in [2.45, 2.75) is 94.5 Å². The SMILES string of the molecule is [C-]#[N+]c1ccc(OC2CC3CCC(C2)N3C(=O)c2ccc(N3CC4(CCN(C5CCN(c6ccc7c(c6)C(=O)N(C6CCC(=O)NC6=O)C7=O)CC5)CC4)C3)cc2)cc1Cl. The fraction of sp³-hybridized carbons (Fsp3) is 0.478. The molecule has 3 unspecified atom stereocenters. The molecule has 1 N–H and O–H groups in total. The smallest absolute Gasteiger partial charge is 0.262 e. The standard InChI is InChI=1S/C46H48ClN7O6/c1-48-39-11-9-34(25-38(39)47)60-35-22-32-6-7-33(23-35)53(32)43(57)28-2-4-29(5-3-28)52-26-46(27-52)16-20-51(21-17-46)30-14-18-50(19-15-30)31-8-10-36-37(24-31)45(59)54(44(36)58)40-12-13-41(55)49-42(40)56/h2-5,8-11,24-25,30,32-33,35,40H,6-7,12-23,26-27H2,(H,49,55,56). The number of hydrogen-bond donors (Lipinski definition) is 1. The van der Waals surface area contributed by atoms with Crippen molar-refractivity contribution in [3.05, 3.63) is 93.8 Å². The Kier molecular flexibility index (Phi) is 9.83. The first-order chi connectivity index (χ1) is 29.1. The summed E-state index contributed by atoms with van der Waals surface area (Å²) in [6.45, 7) is 13.2. The molecule has 0 aliphatic carbocycles. The highest BCUT2D eigenvalue weighted by atomic mass is 35.5. The van der Waals surface area contributed by atoms with Crippen molar-refractivity contribution in [1.82, 2.24) is 20.0 Å². The van der Waals surface area contributed by atoms with Crippen LogP contribution in [0.1, 0.15) is 95.3 Å². The van der Waals surface area contributed by atoms with E-state index >= 15 is 0 Å². The zero-order valence-electron chi connectivity index (χ0n) is 33.5. The summed E-state index contributed by atoms with van der Waals surface area (Å²) in [5.74, 6) is -1.16. The molecule has 5 amide bonds. The first kappa shape index (κ1) is 38.7. The molecule has 6 saturated heterocycles. The van der Waals surface area contributed by atoms with E-state index in [2.05, 4.69) is 41.9 Å². The molecule has 10 rings (SSSR count). The third-order valence-electron chi connectivity index (χ3n) is 14.4. The number of carbonyl (C=O) groups excluding carboxylic acids is 5. The van der Waals surface area contributed by atoms with Crippen molar-refractivity contribution < 1.29 is 28.7 Å². The molecule has 7 heterocycles. The van der Waals surface area contributed by atoms with E-state index in [1.807, 2.05) is 18.2 Å². The highest BCUT2D eigenvalue weighted by Crippen LogP contribution is 2.44. The predicted molar refractivity (Wildman–Crippen MR) is 225 cm³/mol. The lowest BCUT2D eigenvalue weighted by atomic mass is 9.71. The summed E-state index contributed by atoms with van der Waals surface area (Å²) in [6, 6.07) is 18.7. The molecule has 14 heteroatoms. The van der Waals surface area contributed by atoms with Crippen molar-refractivity contribution >= 4 is 58.2 Å². The summed E-state index contributed by atoms with van der Waals surface area (Å²) in [6.07, 6.45) is 8.19. The van der Waals surface area contributed by atoms with Gasteiger partial charge in [-0.05, 0) is 113 Å². The minimum Gasteiger partial charge on any atom is -0.490 e. The lowest BCUT2D eigenvalue weighted by Crippen LogP contribution is -2.61. The molecule has 0 radical (unpaired) electrons. The van der Waals surface area contributed by atoms with E-state index in [0.29, 0.717) is 39.0 Å². The number of rotatable bonds is 7. The second-order valence-corrected chi connectivity index (χ2v) is 18.3. The molecule has 7 aliphatic rings. The number of anilines is 2. The predicted octanol–water partition coefficient (Wildman–Crippen LogP) is 6.08. The Morgan fingerprint density at radius 2 is 1.45 bits per heavy atom. The Labute approximate surface area is 354 Å². The number of carbonyl (C=O) groups is 5. The fourth-order valence-electron chi connectivity index (χ4n) is 11.1. The highest BCUT2D eigenvalue weighted by molar-refractivity contribution is 6.33. The molecule has 3 aromatic rings. The van der Waals surface area contributed by atoms with Gasteiger partial charge in [-0.25, -0.2) is 4.85 Å². The normalized spacial score (nSPS) is 26.5. The van der Waals surface area contributed by atoms with Gasteiger partial charge in [-0.3, -0.25) is 34.2 Å². The average Bonchev–Trinajstić information content (AvgIpc) is 3.66. The second kappa shape index (κ2) is 15.2. The van der Waals surface area contributed by atoms with E-state index in [9.17, 15) is 24.0 Å². The quantitative estimate of drug-likeness (QED) is 0.223. The Hall–Kier alpha value is -5.45. The van der Waals surface area contributed by atoms with E-state index < -0.39 is 23.8 Å². The molecule has 7 aliphatic heterocycles.